The van der Waals surface area contributed by atoms with Crippen molar-refractivity contribution in [3.63, 3.8) is 0 Å². The number of nitrogens with one attached hydrogen (secondary N) is 3. The summed E-state index contributed by atoms with van der Waals surface area (Å²) in [5, 5.41) is 15.5. The third-order valence-corrected chi connectivity index (χ3v) is 6.22. The van der Waals surface area contributed by atoms with Gasteiger partial charge < -0.3 is 25.5 Å². The van der Waals surface area contributed by atoms with Crippen molar-refractivity contribution < 1.29 is 23.0 Å². The fraction of sp³-hybridized carbons (Fsp3) is 0.522. The number of aryl methyl sites for hydroxylation is 1. The Hall–Kier alpha value is -3.12. The van der Waals surface area contributed by atoms with Gasteiger partial charge in [0, 0.05) is 24.7 Å². The molecule has 2 heterocycles. The van der Waals surface area contributed by atoms with Crippen LogP contribution >= 0.6 is 0 Å². The smallest absolute Gasteiger partial charge is 0.405 e. The summed E-state index contributed by atoms with van der Waals surface area (Å²) < 4.78 is 44.0. The quantitative estimate of drug-likeness (QED) is 0.361. The number of hydrogen-bond donors (Lipinski definition) is 4. The van der Waals surface area contributed by atoms with E-state index in [4.69, 9.17) is 5.11 Å². The third kappa shape index (κ3) is 6.51. The molecule has 1 aliphatic carbocycles. The topological polar surface area (TPSA) is 117 Å². The summed E-state index contributed by atoms with van der Waals surface area (Å²) in [7, 11) is 0. The number of hydrogen-bond acceptors (Lipinski definition) is 7. The number of ether oxygens (including phenoxy) is 1. The first-order chi connectivity index (χ1) is 16.7. The van der Waals surface area contributed by atoms with E-state index >= 15 is 0 Å². The molecule has 0 aliphatic heterocycles. The molecule has 4 rings (SSSR count). The highest BCUT2D eigenvalue weighted by atomic mass is 19.4. The first-order valence-electron chi connectivity index (χ1n) is 11.6. The number of imidazole rings is 1. The van der Waals surface area contributed by atoms with Crippen molar-refractivity contribution in [3.8, 4) is 5.75 Å². The molecule has 0 saturated heterocycles. The molecule has 0 spiro atoms. The number of anilines is 1. The summed E-state index contributed by atoms with van der Waals surface area (Å²) in [5.74, 6) is 0.437. The van der Waals surface area contributed by atoms with Gasteiger partial charge >= 0.3 is 12.1 Å². The van der Waals surface area contributed by atoms with Crippen molar-refractivity contribution >= 4 is 17.1 Å². The van der Waals surface area contributed by atoms with Gasteiger partial charge in [-0.1, -0.05) is 17.7 Å². The van der Waals surface area contributed by atoms with Crippen LogP contribution in [-0.4, -0.2) is 56.7 Å². The van der Waals surface area contributed by atoms with E-state index in [9.17, 15) is 18.0 Å². The van der Waals surface area contributed by atoms with Crippen molar-refractivity contribution in [2.45, 2.75) is 51.6 Å². The summed E-state index contributed by atoms with van der Waals surface area (Å²) in [5.41, 5.74) is 1.14. The Balaban J connectivity index is 1.48. The molecule has 1 saturated carbocycles. The second-order valence-corrected chi connectivity index (χ2v) is 8.88. The number of H-pyrrole nitrogens is 1. The Morgan fingerprint density at radius 2 is 2.03 bits per heavy atom. The van der Waals surface area contributed by atoms with Crippen molar-refractivity contribution in [2.75, 3.05) is 25.0 Å². The van der Waals surface area contributed by atoms with Gasteiger partial charge in [0.15, 0.2) is 5.65 Å². The molecular weight excluding hydrogens is 465 g/mol. The Kier molecular flexibility index (Phi) is 7.60. The van der Waals surface area contributed by atoms with Gasteiger partial charge in [0.25, 0.3) is 0 Å². The normalized spacial score (nSPS) is 18.7. The van der Waals surface area contributed by atoms with Crippen LogP contribution in [0.3, 0.4) is 0 Å². The molecule has 1 aliphatic rings. The monoisotopic (exact) mass is 494 g/mol. The highest BCUT2D eigenvalue weighted by Crippen LogP contribution is 2.28. The minimum absolute atomic E-state index is 0.131. The molecular formula is C23H29F3N6O3. The minimum atomic E-state index is -4.84. The number of aromatic amines is 1. The molecule has 1 aromatic carbocycles. The van der Waals surface area contributed by atoms with Gasteiger partial charge in [0.2, 0.25) is 5.95 Å². The standard InChI is InChI=1S/C23H29F3N6O3/c1-14-2-7-19(35-23(24,25)26)16(10-14)13-32-20-18(30-22(32)34)12-29-21(31-20)28-11-15-3-5-17(6-4-15)27-8-9-33/h2,7,10,12,15,17,27,33H,3-6,8-9,11,13H2,1H3,(H,30,34)(H,28,29,31). The predicted molar refractivity (Wildman–Crippen MR) is 124 cm³/mol. The Bertz CT molecular complexity index is 1200. The van der Waals surface area contributed by atoms with Crippen LogP contribution < -0.4 is 21.1 Å². The molecule has 1 fully saturated rings. The number of benzene rings is 1. The van der Waals surface area contributed by atoms with Crippen LogP contribution in [0.15, 0.2) is 29.2 Å². The number of rotatable bonds is 9. The van der Waals surface area contributed by atoms with E-state index in [1.54, 1.807) is 13.0 Å². The lowest BCUT2D eigenvalue weighted by molar-refractivity contribution is -0.274. The van der Waals surface area contributed by atoms with E-state index in [2.05, 4.69) is 30.3 Å². The second-order valence-electron chi connectivity index (χ2n) is 8.88. The molecule has 0 bridgehead atoms. The molecule has 9 nitrogen and oxygen atoms in total. The van der Waals surface area contributed by atoms with Crippen LogP contribution in [0.4, 0.5) is 19.1 Å². The number of aromatic nitrogens is 4. The third-order valence-electron chi connectivity index (χ3n) is 6.22. The number of nitrogens with zero attached hydrogens (tertiary/aromatic N) is 3. The Labute approximate surface area is 199 Å². The molecule has 4 N–H and O–H groups in total. The van der Waals surface area contributed by atoms with Gasteiger partial charge in [-0.3, -0.25) is 4.57 Å². The minimum Gasteiger partial charge on any atom is -0.405 e. The summed E-state index contributed by atoms with van der Waals surface area (Å²) in [6.45, 7) is 3.01. The number of alkyl halides is 3. The molecule has 0 radical (unpaired) electrons. The van der Waals surface area contributed by atoms with Crippen LogP contribution in [-0.2, 0) is 6.54 Å². The lowest BCUT2D eigenvalue weighted by Gasteiger charge is -2.29. The van der Waals surface area contributed by atoms with Gasteiger partial charge in [-0.25, -0.2) is 9.78 Å². The van der Waals surface area contributed by atoms with E-state index in [1.807, 2.05) is 0 Å². The van der Waals surface area contributed by atoms with Crippen molar-refractivity contribution in [3.05, 3.63) is 46.0 Å². The van der Waals surface area contributed by atoms with E-state index in [0.29, 0.717) is 42.2 Å². The summed E-state index contributed by atoms with van der Waals surface area (Å²) in [6.07, 6.45) is 0.764. The average molecular weight is 495 g/mol. The largest absolute Gasteiger partial charge is 0.573 e. The first kappa shape index (κ1) is 25.0. The second kappa shape index (κ2) is 10.6. The molecule has 2 aromatic heterocycles. The van der Waals surface area contributed by atoms with E-state index in [1.165, 1.54) is 22.9 Å². The fourth-order valence-electron chi connectivity index (χ4n) is 4.48. The highest BCUT2D eigenvalue weighted by Gasteiger charge is 2.32. The molecule has 0 unspecified atom stereocenters. The van der Waals surface area contributed by atoms with E-state index < -0.39 is 12.1 Å². The van der Waals surface area contributed by atoms with Crippen molar-refractivity contribution in [1.29, 1.82) is 0 Å². The molecule has 0 atom stereocenters. The molecule has 0 amide bonds. The molecule has 12 heteroatoms. The van der Waals surface area contributed by atoms with Gasteiger partial charge in [0.1, 0.15) is 11.3 Å². The maximum atomic E-state index is 12.9. The zero-order valence-electron chi connectivity index (χ0n) is 19.4. The number of aliphatic hydroxyl groups excluding tert-OH is 1. The first-order valence-corrected chi connectivity index (χ1v) is 11.6. The van der Waals surface area contributed by atoms with Gasteiger partial charge in [-0.2, -0.15) is 4.98 Å². The Morgan fingerprint density at radius 3 is 2.74 bits per heavy atom. The fourth-order valence-corrected chi connectivity index (χ4v) is 4.48. The molecule has 190 valence electrons. The van der Waals surface area contributed by atoms with Crippen LogP contribution in [0.1, 0.15) is 36.8 Å². The van der Waals surface area contributed by atoms with Crippen molar-refractivity contribution in [1.82, 2.24) is 24.8 Å². The summed E-state index contributed by atoms with van der Waals surface area (Å²) in [4.78, 5) is 24.0. The summed E-state index contributed by atoms with van der Waals surface area (Å²) >= 11 is 0. The van der Waals surface area contributed by atoms with E-state index in [0.717, 1.165) is 31.2 Å². The molecule has 3 aromatic rings. The zero-order valence-corrected chi connectivity index (χ0v) is 19.4. The van der Waals surface area contributed by atoms with Crippen molar-refractivity contribution in [2.24, 2.45) is 5.92 Å². The predicted octanol–water partition coefficient (Wildman–Crippen LogP) is 2.93. The van der Waals surface area contributed by atoms with E-state index in [-0.39, 0.29) is 24.5 Å². The maximum Gasteiger partial charge on any atom is 0.573 e. The van der Waals surface area contributed by atoms with Gasteiger partial charge in [0.05, 0.1) is 19.3 Å². The zero-order chi connectivity index (χ0) is 25.0. The van der Waals surface area contributed by atoms with Gasteiger partial charge in [-0.15, -0.1) is 13.2 Å². The van der Waals surface area contributed by atoms with Gasteiger partial charge in [-0.05, 0) is 44.6 Å². The lowest BCUT2D eigenvalue weighted by atomic mass is 9.86. The maximum absolute atomic E-state index is 12.9. The summed E-state index contributed by atoms with van der Waals surface area (Å²) in [6, 6.07) is 4.74. The van der Waals surface area contributed by atoms with Crippen LogP contribution in [0, 0.1) is 12.8 Å². The van der Waals surface area contributed by atoms with Crippen LogP contribution in [0.5, 0.6) is 5.75 Å². The average Bonchev–Trinajstić information content (AvgIpc) is 3.12. The van der Waals surface area contributed by atoms with Crippen LogP contribution in [0.2, 0.25) is 0 Å². The number of halogens is 3. The number of aliphatic hydroxyl groups is 1. The number of fused-ring (bicyclic) bond motifs is 1. The SMILES string of the molecule is Cc1ccc(OC(F)(F)F)c(Cn2c(=O)[nH]c3cnc(NCC4CCC(NCCO)CC4)nc32)c1. The lowest BCUT2D eigenvalue weighted by Crippen LogP contribution is -2.36. The Morgan fingerprint density at radius 1 is 1.26 bits per heavy atom. The van der Waals surface area contributed by atoms with Crippen LogP contribution in [0.25, 0.3) is 11.2 Å². The highest BCUT2D eigenvalue weighted by molar-refractivity contribution is 5.71. The molecule has 35 heavy (non-hydrogen) atoms.